The summed E-state index contributed by atoms with van der Waals surface area (Å²) in [4.78, 5) is 12.3. The van der Waals surface area contributed by atoms with Crippen molar-refractivity contribution in [1.29, 1.82) is 0 Å². The molecular weight excluding hydrogens is 457 g/mol. The molecule has 0 radical (unpaired) electrons. The van der Waals surface area contributed by atoms with Crippen LogP contribution in [0.3, 0.4) is 0 Å². The van der Waals surface area contributed by atoms with Crippen molar-refractivity contribution in [3.63, 3.8) is 0 Å². The zero-order valence-electron chi connectivity index (χ0n) is 17.6. The molecule has 4 atom stereocenters. The Hall–Kier alpha value is -2.62. The highest BCUT2D eigenvalue weighted by atomic mass is 19.4. The Morgan fingerprint density at radius 1 is 0.939 bits per heavy atom. The van der Waals surface area contributed by atoms with E-state index in [0.29, 0.717) is 30.5 Å². The molecule has 0 spiro atoms. The van der Waals surface area contributed by atoms with Crippen LogP contribution in [0.25, 0.3) is 0 Å². The van der Waals surface area contributed by atoms with Crippen LogP contribution in [-0.4, -0.2) is 19.2 Å². The van der Waals surface area contributed by atoms with E-state index < -0.39 is 59.3 Å². The number of esters is 1. The molecule has 0 heterocycles. The lowest BCUT2D eigenvalue weighted by atomic mass is 9.87. The minimum absolute atomic E-state index is 0.0559. The van der Waals surface area contributed by atoms with Gasteiger partial charge in [0.1, 0.15) is 5.82 Å². The van der Waals surface area contributed by atoms with Gasteiger partial charge in [0.25, 0.3) is 0 Å². The Morgan fingerprint density at radius 3 is 1.97 bits per heavy atom. The van der Waals surface area contributed by atoms with E-state index in [-0.39, 0.29) is 11.6 Å². The number of ether oxygens (including phenoxy) is 2. The second-order valence-electron chi connectivity index (χ2n) is 7.94. The molecule has 10 heteroatoms. The van der Waals surface area contributed by atoms with E-state index in [1.54, 1.807) is 0 Å². The fourth-order valence-corrected chi connectivity index (χ4v) is 4.22. The number of hydrogen-bond acceptors (Lipinski definition) is 3. The maximum atomic E-state index is 13.4. The van der Waals surface area contributed by atoms with E-state index in [0.717, 1.165) is 0 Å². The van der Waals surface area contributed by atoms with Crippen LogP contribution in [0.2, 0.25) is 0 Å². The summed E-state index contributed by atoms with van der Waals surface area (Å²) in [6.07, 6.45) is -11.2. The van der Waals surface area contributed by atoms with Crippen molar-refractivity contribution in [2.24, 2.45) is 5.92 Å². The number of benzene rings is 2. The predicted octanol–water partition coefficient (Wildman–Crippen LogP) is 6.68. The summed E-state index contributed by atoms with van der Waals surface area (Å²) in [5.74, 6) is -2.28. The summed E-state index contributed by atoms with van der Waals surface area (Å²) in [7, 11) is 1.21. The molecule has 1 saturated carbocycles. The third-order valence-electron chi connectivity index (χ3n) is 5.81. The smallest absolute Gasteiger partial charge is 0.416 e. The second kappa shape index (κ2) is 9.32. The average molecular weight is 478 g/mol. The monoisotopic (exact) mass is 478 g/mol. The third-order valence-corrected chi connectivity index (χ3v) is 5.81. The van der Waals surface area contributed by atoms with Gasteiger partial charge in [-0.1, -0.05) is 12.1 Å². The van der Waals surface area contributed by atoms with Crippen LogP contribution >= 0.6 is 0 Å². The molecule has 1 unspecified atom stereocenters. The second-order valence-corrected chi connectivity index (χ2v) is 7.94. The first-order valence-corrected chi connectivity index (χ1v) is 10.1. The van der Waals surface area contributed by atoms with Gasteiger partial charge in [0.2, 0.25) is 0 Å². The van der Waals surface area contributed by atoms with Crippen molar-refractivity contribution in [3.05, 3.63) is 70.5 Å². The molecule has 2 aromatic rings. The van der Waals surface area contributed by atoms with Crippen LogP contribution in [0.4, 0.5) is 30.7 Å². The molecule has 1 aliphatic rings. The van der Waals surface area contributed by atoms with Gasteiger partial charge in [-0.3, -0.25) is 4.79 Å². The Kier molecular flexibility index (Phi) is 7.07. The lowest BCUT2D eigenvalue weighted by Crippen LogP contribution is -2.27. The summed E-state index contributed by atoms with van der Waals surface area (Å²) in [5.41, 5.74) is -2.61. The molecule has 1 fully saturated rings. The predicted molar refractivity (Wildman–Crippen MR) is 104 cm³/mol. The fraction of sp³-hybridized carbons (Fsp3) is 0.435. The normalized spacial score (nSPS) is 22.3. The van der Waals surface area contributed by atoms with E-state index in [2.05, 4.69) is 0 Å². The maximum absolute atomic E-state index is 13.4. The van der Waals surface area contributed by atoms with Crippen LogP contribution in [0, 0.1) is 11.7 Å². The zero-order valence-corrected chi connectivity index (χ0v) is 17.6. The lowest BCUT2D eigenvalue weighted by molar-refractivity contribution is -0.147. The maximum Gasteiger partial charge on any atom is 0.416 e. The Morgan fingerprint density at radius 2 is 1.48 bits per heavy atom. The molecule has 0 bridgehead atoms. The molecule has 0 aromatic heterocycles. The lowest BCUT2D eigenvalue weighted by Gasteiger charge is -2.28. The molecule has 2 aromatic carbocycles. The van der Waals surface area contributed by atoms with Crippen molar-refractivity contribution >= 4 is 5.97 Å². The molecule has 33 heavy (non-hydrogen) atoms. The topological polar surface area (TPSA) is 35.5 Å². The first-order chi connectivity index (χ1) is 15.3. The Labute approximate surface area is 185 Å². The minimum Gasteiger partial charge on any atom is -0.469 e. The van der Waals surface area contributed by atoms with Gasteiger partial charge in [-0.15, -0.1) is 0 Å². The van der Waals surface area contributed by atoms with Gasteiger partial charge < -0.3 is 9.47 Å². The van der Waals surface area contributed by atoms with Crippen LogP contribution in [0.15, 0.2) is 42.5 Å². The Balaban J connectivity index is 1.94. The van der Waals surface area contributed by atoms with Crippen molar-refractivity contribution in [2.75, 3.05) is 7.11 Å². The highest BCUT2D eigenvalue weighted by Gasteiger charge is 2.44. The molecular formula is C23H21F7O3. The van der Waals surface area contributed by atoms with E-state index in [9.17, 15) is 35.5 Å². The largest absolute Gasteiger partial charge is 0.469 e. The van der Waals surface area contributed by atoms with Crippen LogP contribution in [0.5, 0.6) is 0 Å². The highest BCUT2D eigenvalue weighted by molar-refractivity contribution is 5.74. The molecule has 0 amide bonds. The first kappa shape index (κ1) is 25.0. The van der Waals surface area contributed by atoms with Crippen molar-refractivity contribution in [1.82, 2.24) is 0 Å². The first-order valence-electron chi connectivity index (χ1n) is 10.1. The number of rotatable bonds is 5. The standard InChI is InChI=1S/C23H21F7O3/c1-12(14-9-15(22(25,26)27)11-16(10-14)23(28,29)30)33-19-8-7-18(21(31)32-2)20(19)13-3-5-17(24)6-4-13/h3-6,9-12,18-20H,7-8H2,1-2H3/t12?,18-,19-,20+/m0/s1. The van der Waals surface area contributed by atoms with Gasteiger partial charge in [-0.05, 0) is 61.2 Å². The quantitative estimate of drug-likeness (QED) is 0.356. The van der Waals surface area contributed by atoms with E-state index in [4.69, 9.17) is 9.47 Å². The Bertz CT molecular complexity index is 951. The van der Waals surface area contributed by atoms with Crippen molar-refractivity contribution < 1.29 is 45.0 Å². The number of carbonyl (C=O) groups is 1. The number of halogens is 7. The van der Waals surface area contributed by atoms with E-state index in [1.165, 1.54) is 38.3 Å². The van der Waals surface area contributed by atoms with Gasteiger partial charge in [-0.2, -0.15) is 26.3 Å². The molecule has 0 saturated heterocycles. The van der Waals surface area contributed by atoms with Crippen LogP contribution in [0.1, 0.15) is 54.0 Å². The van der Waals surface area contributed by atoms with Gasteiger partial charge in [0.05, 0.1) is 36.4 Å². The van der Waals surface area contributed by atoms with E-state index >= 15 is 0 Å². The number of alkyl halides is 6. The molecule has 0 N–H and O–H groups in total. The number of methoxy groups -OCH3 is 1. The third kappa shape index (κ3) is 5.66. The van der Waals surface area contributed by atoms with Crippen LogP contribution in [-0.2, 0) is 26.6 Å². The number of hydrogen-bond donors (Lipinski definition) is 0. The van der Waals surface area contributed by atoms with Gasteiger partial charge in [0, 0.05) is 5.92 Å². The van der Waals surface area contributed by atoms with Crippen molar-refractivity contribution in [2.45, 2.75) is 50.2 Å². The molecule has 180 valence electrons. The van der Waals surface area contributed by atoms with Gasteiger partial charge in [-0.25, -0.2) is 4.39 Å². The number of carbonyl (C=O) groups excluding carboxylic acids is 1. The molecule has 3 rings (SSSR count). The molecule has 1 aliphatic carbocycles. The van der Waals surface area contributed by atoms with Gasteiger partial charge in [0.15, 0.2) is 0 Å². The molecule has 0 aliphatic heterocycles. The highest BCUT2D eigenvalue weighted by Crippen LogP contribution is 2.45. The SMILES string of the molecule is COC(=O)[C@H]1CC[C@H](OC(C)c2cc(C(F)(F)F)cc(C(F)(F)F)c2)[C@@H]1c1ccc(F)cc1. The minimum atomic E-state index is -4.98. The summed E-state index contributed by atoms with van der Waals surface area (Å²) >= 11 is 0. The zero-order chi connectivity index (χ0) is 24.6. The summed E-state index contributed by atoms with van der Waals surface area (Å²) in [6.45, 7) is 1.35. The van der Waals surface area contributed by atoms with Crippen LogP contribution < -0.4 is 0 Å². The fourth-order valence-electron chi connectivity index (χ4n) is 4.22. The summed E-state index contributed by atoms with van der Waals surface area (Å²) < 4.78 is 103. The molecule has 3 nitrogen and oxygen atoms in total. The van der Waals surface area contributed by atoms with E-state index in [1.807, 2.05) is 0 Å². The van der Waals surface area contributed by atoms with Crippen molar-refractivity contribution in [3.8, 4) is 0 Å². The summed E-state index contributed by atoms with van der Waals surface area (Å²) in [5, 5.41) is 0. The average Bonchev–Trinajstić information content (AvgIpc) is 3.15. The summed E-state index contributed by atoms with van der Waals surface area (Å²) in [6, 6.07) is 6.64. The van der Waals surface area contributed by atoms with Gasteiger partial charge >= 0.3 is 18.3 Å².